The number of aromatic nitrogens is 1. The highest BCUT2D eigenvalue weighted by atomic mass is 32.1. The summed E-state index contributed by atoms with van der Waals surface area (Å²) in [7, 11) is 0. The molecule has 0 spiro atoms. The molecule has 16 heavy (non-hydrogen) atoms. The van der Waals surface area contributed by atoms with Crippen LogP contribution in [0.15, 0.2) is 23.6 Å². The first kappa shape index (κ1) is 10.0. The first-order valence-corrected chi connectivity index (χ1v) is 6.75. The molecule has 0 radical (unpaired) electrons. The smallest absolute Gasteiger partial charge is 0.0901 e. The molecule has 2 aromatic rings. The van der Waals surface area contributed by atoms with Crippen LogP contribution in [-0.4, -0.2) is 4.98 Å². The molecule has 0 saturated carbocycles. The van der Waals surface area contributed by atoms with Crippen LogP contribution in [0.25, 0.3) is 11.3 Å². The van der Waals surface area contributed by atoms with E-state index in [-0.39, 0.29) is 0 Å². The van der Waals surface area contributed by atoms with Crippen molar-refractivity contribution in [2.24, 2.45) is 0 Å². The zero-order chi connectivity index (χ0) is 11.0. The standard InChI is InChI=1S/C14H15NS/c1-10-15-14(9-16-10)13-7-6-11-4-2-3-5-12(11)8-13/h6-9H,2-5H2,1H3. The number of hydrogen-bond acceptors (Lipinski definition) is 2. The Bertz CT molecular complexity index is 513. The fourth-order valence-corrected chi connectivity index (χ4v) is 3.01. The lowest BCUT2D eigenvalue weighted by molar-refractivity contribution is 0.686. The SMILES string of the molecule is Cc1nc(-c2ccc3c(c2)CCCC3)cs1. The maximum absolute atomic E-state index is 4.55. The lowest BCUT2D eigenvalue weighted by Gasteiger charge is -2.15. The van der Waals surface area contributed by atoms with Crippen molar-refractivity contribution in [3.63, 3.8) is 0 Å². The van der Waals surface area contributed by atoms with Gasteiger partial charge >= 0.3 is 0 Å². The molecule has 3 rings (SSSR count). The fraction of sp³-hybridized carbons (Fsp3) is 0.357. The summed E-state index contributed by atoms with van der Waals surface area (Å²) in [5.41, 5.74) is 5.50. The number of hydrogen-bond donors (Lipinski definition) is 0. The van der Waals surface area contributed by atoms with Crippen LogP contribution in [0.1, 0.15) is 29.0 Å². The van der Waals surface area contributed by atoms with E-state index >= 15 is 0 Å². The van der Waals surface area contributed by atoms with Gasteiger partial charge in [-0.3, -0.25) is 0 Å². The van der Waals surface area contributed by atoms with E-state index in [1.807, 2.05) is 0 Å². The van der Waals surface area contributed by atoms with Crippen LogP contribution in [0.3, 0.4) is 0 Å². The van der Waals surface area contributed by atoms with E-state index in [0.717, 1.165) is 10.7 Å². The number of fused-ring (bicyclic) bond motifs is 1. The maximum Gasteiger partial charge on any atom is 0.0901 e. The molecule has 1 nitrogen and oxygen atoms in total. The average molecular weight is 229 g/mol. The molecule has 0 saturated heterocycles. The molecular weight excluding hydrogens is 214 g/mol. The highest BCUT2D eigenvalue weighted by Gasteiger charge is 2.10. The largest absolute Gasteiger partial charge is 0.242 e. The van der Waals surface area contributed by atoms with Crippen LogP contribution in [0, 0.1) is 6.92 Å². The van der Waals surface area contributed by atoms with Gasteiger partial charge in [-0.2, -0.15) is 0 Å². The van der Waals surface area contributed by atoms with Crippen molar-refractivity contribution in [2.45, 2.75) is 32.6 Å². The minimum absolute atomic E-state index is 1.14. The second-order valence-corrected chi connectivity index (χ2v) is 5.50. The van der Waals surface area contributed by atoms with Gasteiger partial charge in [0.1, 0.15) is 0 Å². The summed E-state index contributed by atoms with van der Waals surface area (Å²) in [5.74, 6) is 0. The zero-order valence-electron chi connectivity index (χ0n) is 9.49. The zero-order valence-corrected chi connectivity index (χ0v) is 10.3. The number of benzene rings is 1. The van der Waals surface area contributed by atoms with E-state index in [2.05, 4.69) is 35.5 Å². The molecular formula is C14H15NS. The van der Waals surface area contributed by atoms with Crippen molar-refractivity contribution in [1.29, 1.82) is 0 Å². The summed E-state index contributed by atoms with van der Waals surface area (Å²) >= 11 is 1.73. The average Bonchev–Trinajstić information content (AvgIpc) is 2.75. The first-order valence-electron chi connectivity index (χ1n) is 5.87. The third-order valence-electron chi connectivity index (χ3n) is 3.26. The fourth-order valence-electron chi connectivity index (χ4n) is 2.39. The number of thiazole rings is 1. The van der Waals surface area contributed by atoms with Gasteiger partial charge in [0.05, 0.1) is 10.7 Å². The Morgan fingerprint density at radius 1 is 1.12 bits per heavy atom. The summed E-state index contributed by atoms with van der Waals surface area (Å²) in [5, 5.41) is 3.30. The van der Waals surface area contributed by atoms with E-state index in [9.17, 15) is 0 Å². The van der Waals surface area contributed by atoms with Crippen LogP contribution >= 0.6 is 11.3 Å². The number of nitrogens with zero attached hydrogens (tertiary/aromatic N) is 1. The van der Waals surface area contributed by atoms with Crippen LogP contribution in [-0.2, 0) is 12.8 Å². The Kier molecular flexibility index (Phi) is 2.52. The van der Waals surface area contributed by atoms with E-state index in [0.29, 0.717) is 0 Å². The van der Waals surface area contributed by atoms with Crippen molar-refractivity contribution < 1.29 is 0 Å². The molecule has 1 heterocycles. The van der Waals surface area contributed by atoms with Crippen LogP contribution in [0.2, 0.25) is 0 Å². The van der Waals surface area contributed by atoms with Crippen molar-refractivity contribution >= 4 is 11.3 Å². The predicted octanol–water partition coefficient (Wildman–Crippen LogP) is 4.00. The molecule has 0 fully saturated rings. The van der Waals surface area contributed by atoms with Gasteiger partial charge in [-0.25, -0.2) is 4.98 Å². The monoisotopic (exact) mass is 229 g/mol. The molecule has 0 N–H and O–H groups in total. The second-order valence-electron chi connectivity index (χ2n) is 4.44. The lowest BCUT2D eigenvalue weighted by atomic mass is 9.90. The molecule has 0 bridgehead atoms. The van der Waals surface area contributed by atoms with Crippen molar-refractivity contribution in [3.05, 3.63) is 39.7 Å². The molecule has 0 unspecified atom stereocenters. The Balaban J connectivity index is 2.02. The van der Waals surface area contributed by atoms with Crippen LogP contribution < -0.4 is 0 Å². The number of rotatable bonds is 1. The molecule has 1 aliphatic carbocycles. The summed E-state index contributed by atoms with van der Waals surface area (Å²) in [6.07, 6.45) is 5.19. The highest BCUT2D eigenvalue weighted by molar-refractivity contribution is 7.09. The van der Waals surface area contributed by atoms with E-state index < -0.39 is 0 Å². The minimum atomic E-state index is 1.14. The first-order chi connectivity index (χ1) is 7.83. The minimum Gasteiger partial charge on any atom is -0.242 e. The third kappa shape index (κ3) is 1.78. The molecule has 1 aromatic carbocycles. The predicted molar refractivity (Wildman–Crippen MR) is 68.9 cm³/mol. The van der Waals surface area contributed by atoms with Gasteiger partial charge in [0.15, 0.2) is 0 Å². The Morgan fingerprint density at radius 2 is 1.94 bits per heavy atom. The third-order valence-corrected chi connectivity index (χ3v) is 4.04. The topological polar surface area (TPSA) is 12.9 Å². The lowest BCUT2D eigenvalue weighted by Crippen LogP contribution is -2.02. The van der Waals surface area contributed by atoms with E-state index in [1.54, 1.807) is 16.9 Å². The molecule has 0 aliphatic heterocycles. The summed E-state index contributed by atoms with van der Waals surface area (Å²) in [6, 6.07) is 6.85. The van der Waals surface area contributed by atoms with Gasteiger partial charge < -0.3 is 0 Å². The Morgan fingerprint density at radius 3 is 2.69 bits per heavy atom. The Hall–Kier alpha value is -1.15. The normalized spacial score (nSPS) is 14.8. The van der Waals surface area contributed by atoms with Crippen LogP contribution in [0.5, 0.6) is 0 Å². The molecule has 0 atom stereocenters. The summed E-state index contributed by atoms with van der Waals surface area (Å²) in [4.78, 5) is 4.55. The summed E-state index contributed by atoms with van der Waals surface area (Å²) in [6.45, 7) is 2.06. The highest BCUT2D eigenvalue weighted by Crippen LogP contribution is 2.27. The van der Waals surface area contributed by atoms with Gasteiger partial charge in [0.2, 0.25) is 0 Å². The quantitative estimate of drug-likeness (QED) is 0.720. The van der Waals surface area contributed by atoms with Crippen molar-refractivity contribution in [2.75, 3.05) is 0 Å². The number of aryl methyl sites for hydroxylation is 3. The van der Waals surface area contributed by atoms with E-state index in [4.69, 9.17) is 0 Å². The molecule has 1 aromatic heterocycles. The van der Waals surface area contributed by atoms with Gasteiger partial charge in [-0.15, -0.1) is 11.3 Å². The van der Waals surface area contributed by atoms with Gasteiger partial charge in [-0.1, -0.05) is 12.1 Å². The van der Waals surface area contributed by atoms with Gasteiger partial charge in [0.25, 0.3) is 0 Å². The maximum atomic E-state index is 4.55. The summed E-state index contributed by atoms with van der Waals surface area (Å²) < 4.78 is 0. The molecule has 82 valence electrons. The van der Waals surface area contributed by atoms with E-state index in [1.165, 1.54) is 36.8 Å². The Labute approximate surface area is 100 Å². The molecule has 1 aliphatic rings. The van der Waals surface area contributed by atoms with Crippen molar-refractivity contribution in [1.82, 2.24) is 4.98 Å². The second kappa shape index (κ2) is 4.02. The van der Waals surface area contributed by atoms with Crippen LogP contribution in [0.4, 0.5) is 0 Å². The van der Waals surface area contributed by atoms with Gasteiger partial charge in [-0.05, 0) is 49.8 Å². The van der Waals surface area contributed by atoms with Crippen molar-refractivity contribution in [3.8, 4) is 11.3 Å². The molecule has 2 heteroatoms. The van der Waals surface area contributed by atoms with Gasteiger partial charge in [0, 0.05) is 10.9 Å². The molecule has 0 amide bonds.